The minimum Gasteiger partial charge on any atom is -0.495 e. The summed E-state index contributed by atoms with van der Waals surface area (Å²) in [5, 5.41) is 0. The Hall–Kier alpha value is -2.03. The fraction of sp³-hybridized carbons (Fsp3) is 0.267. The number of benzene rings is 1. The van der Waals surface area contributed by atoms with Crippen LogP contribution in [0.25, 0.3) is 5.53 Å². The van der Waals surface area contributed by atoms with Crippen molar-refractivity contribution in [3.63, 3.8) is 0 Å². The van der Waals surface area contributed by atoms with Crippen molar-refractivity contribution >= 4 is 24.7 Å². The van der Waals surface area contributed by atoms with Gasteiger partial charge in [0.25, 0.3) is 0 Å². The Morgan fingerprint density at radius 1 is 1.12 bits per heavy atom. The Morgan fingerprint density at radius 2 is 1.68 bits per heavy atom. The zero-order chi connectivity index (χ0) is 19.0. The van der Waals surface area contributed by atoms with Crippen LogP contribution in [-0.2, 0) is 9.47 Å². The summed E-state index contributed by atoms with van der Waals surface area (Å²) in [5.74, 6) is 0.664. The van der Waals surface area contributed by atoms with Crippen LogP contribution in [0.5, 0.6) is 0 Å². The Labute approximate surface area is 147 Å². The first-order chi connectivity index (χ1) is 11.7. The van der Waals surface area contributed by atoms with Crippen LogP contribution in [0, 0.1) is 6.92 Å². The molecule has 1 aromatic carbocycles. The van der Waals surface area contributed by atoms with E-state index in [2.05, 4.69) is 36.0 Å². The van der Waals surface area contributed by atoms with Gasteiger partial charge in [0.05, 0.1) is 18.1 Å². The van der Waals surface area contributed by atoms with Crippen molar-refractivity contribution in [2.24, 2.45) is 0 Å². The Balaban J connectivity index is 0.000000550. The summed E-state index contributed by atoms with van der Waals surface area (Å²) < 4.78 is 49.6. The number of halogens is 4. The maximum atomic E-state index is 9.75. The van der Waals surface area contributed by atoms with Gasteiger partial charge in [-0.15, -0.1) is 0 Å². The molecule has 25 heavy (non-hydrogen) atoms. The molecule has 0 spiro atoms. The van der Waals surface area contributed by atoms with Crippen molar-refractivity contribution < 1.29 is 31.5 Å². The van der Waals surface area contributed by atoms with Crippen molar-refractivity contribution in [3.8, 4) is 0 Å². The number of nitrogens with zero attached hydrogens (tertiary/aromatic N) is 2. The van der Waals surface area contributed by atoms with Crippen molar-refractivity contribution in [2.45, 2.75) is 17.9 Å². The molecular weight excluding hydrogens is 359 g/mol. The molecule has 0 amide bonds. The Kier molecular flexibility index (Phi) is 7.95. The monoisotopic (exact) mass is 375 g/mol. The fourth-order valence-corrected chi connectivity index (χ4v) is 2.80. The van der Waals surface area contributed by atoms with E-state index in [9.17, 15) is 17.3 Å². The normalized spacial score (nSPS) is 16.9. The molecule has 1 unspecified atom stereocenters. The first-order valence-corrected chi connectivity index (χ1v) is 7.84. The number of thioether (sulfide) groups is 1. The summed E-state index contributed by atoms with van der Waals surface area (Å²) in [6.07, 6.45) is 3.20. The van der Waals surface area contributed by atoms with Crippen molar-refractivity contribution in [1.29, 1.82) is 0 Å². The average molecular weight is 375 g/mol. The van der Waals surface area contributed by atoms with Gasteiger partial charge >= 0.3 is 13.0 Å². The van der Waals surface area contributed by atoms with Crippen molar-refractivity contribution in [3.05, 3.63) is 58.2 Å². The molecule has 0 radical (unpaired) electrons. The average Bonchev–Trinajstić information content (AvgIpc) is 2.55. The molecule has 0 saturated carbocycles. The maximum absolute atomic E-state index is 9.75. The minimum absolute atomic E-state index is 0.369. The van der Waals surface area contributed by atoms with E-state index in [0.717, 1.165) is 9.80 Å². The van der Waals surface area contributed by atoms with Crippen molar-refractivity contribution in [1.82, 2.24) is 0 Å². The van der Waals surface area contributed by atoms with Gasteiger partial charge in [-0.05, 0) is 25.1 Å². The molecule has 2 rings (SSSR count). The molecule has 0 bridgehead atoms. The highest BCUT2D eigenvalue weighted by Gasteiger charge is 2.28. The van der Waals surface area contributed by atoms with E-state index in [4.69, 9.17) is 15.0 Å². The number of methoxy groups -OCH3 is 2. The lowest BCUT2D eigenvalue weighted by atomic mass is 10.1. The largest absolute Gasteiger partial charge is 0.673 e. The number of hydrogen-bond acceptors (Lipinski definition) is 3. The number of ether oxygens (including phenoxy) is 2. The summed E-state index contributed by atoms with van der Waals surface area (Å²) >= 11 is 1.59. The van der Waals surface area contributed by atoms with Crippen LogP contribution < -0.4 is 0 Å². The molecule has 10 heteroatoms. The molecule has 4 nitrogen and oxygen atoms in total. The SMILES string of the molecule is COC1=CC(=[N+]=[N-])C(OC)C=C1Sc1ccc(C)cc1.F[B-](F)(F)F. The van der Waals surface area contributed by atoms with Gasteiger partial charge in [-0.2, -0.15) is 4.79 Å². The summed E-state index contributed by atoms with van der Waals surface area (Å²) in [5.41, 5.74) is 10.6. The first-order valence-electron chi connectivity index (χ1n) is 7.02. The molecule has 1 aromatic rings. The number of hydrogen-bond donors (Lipinski definition) is 0. The smallest absolute Gasteiger partial charge is 0.495 e. The van der Waals surface area contributed by atoms with Gasteiger partial charge in [-0.3, -0.25) is 0 Å². The molecule has 0 heterocycles. The molecule has 0 fully saturated rings. The molecule has 136 valence electrons. The third kappa shape index (κ3) is 7.60. The van der Waals surface area contributed by atoms with Gasteiger partial charge in [0.1, 0.15) is 5.76 Å². The van der Waals surface area contributed by atoms with E-state index in [1.165, 1.54) is 5.56 Å². The van der Waals surface area contributed by atoms with Crippen LogP contribution in [0.1, 0.15) is 5.56 Å². The molecule has 0 saturated heterocycles. The Bertz CT molecular complexity index is 692. The summed E-state index contributed by atoms with van der Waals surface area (Å²) in [7, 11) is -2.83. The van der Waals surface area contributed by atoms with Gasteiger partial charge in [0.2, 0.25) is 0 Å². The van der Waals surface area contributed by atoms with E-state index in [1.807, 2.05) is 6.08 Å². The first kappa shape index (κ1) is 21.0. The molecule has 1 aliphatic rings. The van der Waals surface area contributed by atoms with E-state index in [1.54, 1.807) is 32.1 Å². The highest BCUT2D eigenvalue weighted by molar-refractivity contribution is 8.03. The minimum atomic E-state index is -6.00. The predicted octanol–water partition coefficient (Wildman–Crippen LogP) is 4.50. The third-order valence-electron chi connectivity index (χ3n) is 2.95. The Morgan fingerprint density at radius 3 is 2.12 bits per heavy atom. The van der Waals surface area contributed by atoms with Crippen LogP contribution in [0.3, 0.4) is 0 Å². The molecule has 0 N–H and O–H groups in total. The van der Waals surface area contributed by atoms with E-state index < -0.39 is 7.25 Å². The zero-order valence-corrected chi connectivity index (χ0v) is 14.6. The van der Waals surface area contributed by atoms with Crippen molar-refractivity contribution in [2.75, 3.05) is 14.2 Å². The second kappa shape index (κ2) is 9.46. The summed E-state index contributed by atoms with van der Waals surface area (Å²) in [6, 6.07) is 8.25. The van der Waals surface area contributed by atoms with Gasteiger partial charge in [0.15, 0.2) is 6.10 Å². The second-order valence-corrected chi connectivity index (χ2v) is 5.95. The predicted molar refractivity (Wildman–Crippen MR) is 89.8 cm³/mol. The maximum Gasteiger partial charge on any atom is 0.673 e. The van der Waals surface area contributed by atoms with Crippen LogP contribution in [-0.4, -0.2) is 38.1 Å². The standard InChI is InChI=1S/C15H16N2O2S.BF4/c1-10-4-6-11(7-5-10)20-15-9-13(18-2)12(17-16)8-14(15)19-3;2-1(3,4)5/h4-9,13H,1-3H3;/q;-1. The third-order valence-corrected chi connectivity index (χ3v) is 4.02. The van der Waals surface area contributed by atoms with Gasteiger partial charge < -0.3 is 32.3 Å². The quantitative estimate of drug-likeness (QED) is 0.337. The van der Waals surface area contributed by atoms with E-state index in [-0.39, 0.29) is 6.10 Å². The van der Waals surface area contributed by atoms with Crippen LogP contribution in [0.4, 0.5) is 17.3 Å². The van der Waals surface area contributed by atoms with Crippen LogP contribution in [0.2, 0.25) is 0 Å². The van der Waals surface area contributed by atoms with Crippen LogP contribution >= 0.6 is 11.8 Å². The lowest BCUT2D eigenvalue weighted by Gasteiger charge is -2.17. The molecule has 1 atom stereocenters. The molecule has 1 aliphatic carbocycles. The van der Waals surface area contributed by atoms with Gasteiger partial charge in [-0.1, -0.05) is 29.5 Å². The summed E-state index contributed by atoms with van der Waals surface area (Å²) in [4.78, 5) is 5.29. The lowest BCUT2D eigenvalue weighted by Crippen LogP contribution is -2.24. The number of rotatable bonds is 4. The topological polar surface area (TPSA) is 54.9 Å². The van der Waals surface area contributed by atoms with E-state index >= 15 is 0 Å². The highest BCUT2D eigenvalue weighted by atomic mass is 32.2. The van der Waals surface area contributed by atoms with Crippen LogP contribution in [0.15, 0.2) is 52.0 Å². The fourth-order valence-electron chi connectivity index (χ4n) is 1.84. The van der Waals surface area contributed by atoms with Gasteiger partial charge in [-0.25, -0.2) is 0 Å². The molecule has 0 aromatic heterocycles. The highest BCUT2D eigenvalue weighted by Crippen LogP contribution is 2.34. The number of aryl methyl sites for hydroxylation is 1. The second-order valence-electron chi connectivity index (χ2n) is 4.83. The summed E-state index contributed by atoms with van der Waals surface area (Å²) in [6.45, 7) is 2.06. The zero-order valence-electron chi connectivity index (χ0n) is 13.7. The molecule has 0 aliphatic heterocycles. The van der Waals surface area contributed by atoms with E-state index in [0.29, 0.717) is 11.5 Å². The van der Waals surface area contributed by atoms with Gasteiger partial charge in [0, 0.05) is 12.0 Å². The lowest BCUT2D eigenvalue weighted by molar-refractivity contribution is -0.0188. The molecular formula is C15H16BF4N2O2S-.